The third-order valence-corrected chi connectivity index (χ3v) is 9.30. The lowest BCUT2D eigenvalue weighted by Gasteiger charge is -2.40. The quantitative estimate of drug-likeness (QED) is 0.422. The van der Waals surface area contributed by atoms with E-state index < -0.39 is 53.2 Å². The van der Waals surface area contributed by atoms with Gasteiger partial charge in [-0.15, -0.1) is 0 Å². The third kappa shape index (κ3) is 5.40. The minimum Gasteiger partial charge on any atom is -0.455 e. The Kier molecular flexibility index (Phi) is 8.55. The van der Waals surface area contributed by atoms with Crippen molar-refractivity contribution in [2.75, 3.05) is 26.7 Å². The number of cyclic esters (lactones) is 1. The molecule has 7 atom stereocenters. The lowest BCUT2D eigenvalue weighted by molar-refractivity contribution is -0.164. The first-order valence-electron chi connectivity index (χ1n) is 15.2. The number of nitrogens with zero attached hydrogens (tertiary/aromatic N) is 3. The summed E-state index contributed by atoms with van der Waals surface area (Å²) in [6, 6.07) is 7.78. The van der Waals surface area contributed by atoms with E-state index in [-0.39, 0.29) is 43.7 Å². The van der Waals surface area contributed by atoms with Crippen LogP contribution in [0.5, 0.6) is 0 Å². The zero-order valence-electron chi connectivity index (χ0n) is 25.6. The van der Waals surface area contributed by atoms with Crippen molar-refractivity contribution in [3.05, 3.63) is 60.2 Å². The lowest BCUT2D eigenvalue weighted by Crippen LogP contribution is -2.58. The van der Waals surface area contributed by atoms with Gasteiger partial charge in [0.1, 0.15) is 23.7 Å². The molecule has 1 aromatic carbocycles. The van der Waals surface area contributed by atoms with Gasteiger partial charge in [-0.25, -0.2) is 0 Å². The van der Waals surface area contributed by atoms with E-state index in [0.29, 0.717) is 13.0 Å². The van der Waals surface area contributed by atoms with E-state index in [0.717, 1.165) is 5.56 Å². The van der Waals surface area contributed by atoms with E-state index >= 15 is 0 Å². The number of fused-ring (bicyclic) bond motifs is 2. The first-order chi connectivity index (χ1) is 20.4. The Morgan fingerprint density at radius 2 is 1.77 bits per heavy atom. The van der Waals surface area contributed by atoms with Crippen LogP contribution in [0, 0.1) is 11.8 Å². The number of hydrogen-bond acceptors (Lipinski definition) is 7. The number of likely N-dealkylation sites (N-methyl/N-ethyl adjacent to an activating group) is 1. The Bertz CT molecular complexity index is 1310. The molecule has 1 N–H and O–H groups in total. The van der Waals surface area contributed by atoms with Gasteiger partial charge in [-0.05, 0) is 46.1 Å². The molecule has 1 aromatic rings. The number of allylic oxidation sites excluding steroid dienone is 1. The zero-order valence-corrected chi connectivity index (χ0v) is 25.6. The number of ether oxygens (including phenoxy) is 2. The Hall–Kier alpha value is -3.50. The van der Waals surface area contributed by atoms with E-state index in [1.807, 2.05) is 70.2 Å². The van der Waals surface area contributed by atoms with Gasteiger partial charge in [-0.1, -0.05) is 54.6 Å². The lowest BCUT2D eigenvalue weighted by atomic mass is 9.77. The van der Waals surface area contributed by atoms with Crippen molar-refractivity contribution in [2.45, 2.75) is 82.4 Å². The van der Waals surface area contributed by atoms with Crippen LogP contribution in [0.3, 0.4) is 0 Å². The number of carbonyl (C=O) groups is 4. The maximum atomic E-state index is 14.3. The molecule has 43 heavy (non-hydrogen) atoms. The van der Waals surface area contributed by atoms with Crippen LogP contribution in [-0.2, 0) is 28.7 Å². The van der Waals surface area contributed by atoms with Crippen LogP contribution in [0.25, 0.3) is 0 Å². The van der Waals surface area contributed by atoms with Crippen LogP contribution in [0.15, 0.2) is 54.6 Å². The average molecular weight is 594 g/mol. The summed E-state index contributed by atoms with van der Waals surface area (Å²) in [5, 5.41) is 9.63. The summed E-state index contributed by atoms with van der Waals surface area (Å²) in [5.74, 6) is -3.36. The van der Waals surface area contributed by atoms with Crippen LogP contribution in [0.4, 0.5) is 0 Å². The third-order valence-electron chi connectivity index (χ3n) is 9.30. The summed E-state index contributed by atoms with van der Waals surface area (Å²) >= 11 is 0. The fourth-order valence-electron chi connectivity index (χ4n) is 6.97. The molecule has 10 nitrogen and oxygen atoms in total. The van der Waals surface area contributed by atoms with Gasteiger partial charge < -0.3 is 29.3 Å². The molecule has 0 bridgehead atoms. The zero-order chi connectivity index (χ0) is 31.1. The fraction of sp³-hybridized carbons (Fsp3) is 0.576. The first kappa shape index (κ1) is 30.9. The van der Waals surface area contributed by atoms with Crippen LogP contribution in [0.1, 0.15) is 58.6 Å². The largest absolute Gasteiger partial charge is 0.455 e. The standard InChI is InChI=1S/C33H43N3O7/c1-21-27(22-13-7-6-8-14-22)42-31(41)25-23(15-9-10-16-24(38)34(21)5)43-33-17-11-19-36(32(2,3)4)30(40)28(33)35(18-12-20-37)29(39)26(25)33/h6-9,11,13-15,17,21,23,25-28,37H,10,12,16,18-20H2,1-5H3/b15-9-/t21-,23-,25+,26+,27+,28-,33+/m0/s1. The molecule has 2 fully saturated rings. The van der Waals surface area contributed by atoms with E-state index in [2.05, 4.69) is 0 Å². The predicted molar refractivity (Wildman–Crippen MR) is 158 cm³/mol. The number of esters is 1. The molecule has 0 aliphatic carbocycles. The number of likely N-dealkylation sites (tertiary alicyclic amines) is 1. The molecule has 0 radical (unpaired) electrons. The topological polar surface area (TPSA) is 117 Å². The van der Waals surface area contributed by atoms with Crippen molar-refractivity contribution in [3.63, 3.8) is 0 Å². The number of aliphatic hydroxyl groups is 1. The Labute approximate surface area is 253 Å². The van der Waals surface area contributed by atoms with E-state index in [1.165, 1.54) is 4.90 Å². The molecule has 0 aromatic heterocycles. The second-order valence-electron chi connectivity index (χ2n) is 13.0. The molecule has 4 heterocycles. The molecule has 3 amide bonds. The van der Waals surface area contributed by atoms with E-state index in [4.69, 9.17) is 9.47 Å². The monoisotopic (exact) mass is 593 g/mol. The number of carbonyl (C=O) groups excluding carboxylic acids is 4. The normalized spacial score (nSPS) is 34.1. The molecule has 2 saturated heterocycles. The second kappa shape index (κ2) is 11.9. The SMILES string of the molecule is C[C@H]1[C@H](c2ccccc2)OC(=O)[C@@H]2[C@H](/C=C\CCC(=O)N1C)O[C@@]13C=CCN(C(C)(C)C)C(=O)[C@@H]1N(CCCO)C(=O)[C@@H]23. The Balaban J connectivity index is 1.61. The van der Waals surface area contributed by atoms with E-state index in [9.17, 15) is 24.3 Å². The number of benzene rings is 1. The molecular weight excluding hydrogens is 550 g/mol. The van der Waals surface area contributed by atoms with Crippen molar-refractivity contribution in [1.29, 1.82) is 0 Å². The summed E-state index contributed by atoms with van der Waals surface area (Å²) in [6.07, 6.45) is 6.53. The van der Waals surface area contributed by atoms with Crippen LogP contribution in [-0.4, -0.2) is 99.6 Å². The fourth-order valence-corrected chi connectivity index (χ4v) is 6.97. The Morgan fingerprint density at radius 1 is 1.05 bits per heavy atom. The molecule has 10 heteroatoms. The van der Waals surface area contributed by atoms with Gasteiger partial charge in [0.2, 0.25) is 17.7 Å². The van der Waals surface area contributed by atoms with Gasteiger partial charge in [0.05, 0.1) is 18.1 Å². The molecule has 1 spiro atoms. The van der Waals surface area contributed by atoms with Gasteiger partial charge >= 0.3 is 5.97 Å². The van der Waals surface area contributed by atoms with Gasteiger partial charge in [0.15, 0.2) is 0 Å². The predicted octanol–water partition coefficient (Wildman–Crippen LogP) is 2.63. The molecule has 0 saturated carbocycles. The smallest absolute Gasteiger partial charge is 0.313 e. The highest BCUT2D eigenvalue weighted by atomic mass is 16.6. The highest BCUT2D eigenvalue weighted by Crippen LogP contribution is 2.53. The minimum atomic E-state index is -1.40. The number of hydrogen-bond donors (Lipinski definition) is 1. The van der Waals surface area contributed by atoms with Gasteiger partial charge in [0.25, 0.3) is 0 Å². The number of aliphatic hydroxyl groups excluding tert-OH is 1. The van der Waals surface area contributed by atoms with Gasteiger partial charge in [-0.3, -0.25) is 19.2 Å². The van der Waals surface area contributed by atoms with Crippen LogP contribution < -0.4 is 0 Å². The highest BCUT2D eigenvalue weighted by molar-refractivity contribution is 5.99. The molecular formula is C33H43N3O7. The van der Waals surface area contributed by atoms with Crippen molar-refractivity contribution >= 4 is 23.7 Å². The molecule has 5 rings (SSSR count). The summed E-state index contributed by atoms with van der Waals surface area (Å²) in [4.78, 5) is 60.8. The minimum absolute atomic E-state index is 0.0802. The maximum absolute atomic E-state index is 14.3. The summed E-state index contributed by atoms with van der Waals surface area (Å²) in [6.45, 7) is 7.99. The summed E-state index contributed by atoms with van der Waals surface area (Å²) in [7, 11) is 1.70. The summed E-state index contributed by atoms with van der Waals surface area (Å²) in [5.41, 5.74) is -1.20. The van der Waals surface area contributed by atoms with Crippen molar-refractivity contribution in [3.8, 4) is 0 Å². The number of rotatable bonds is 4. The van der Waals surface area contributed by atoms with Crippen LogP contribution in [0.2, 0.25) is 0 Å². The summed E-state index contributed by atoms with van der Waals surface area (Å²) < 4.78 is 13.0. The molecule has 0 unspecified atom stereocenters. The average Bonchev–Trinajstić information content (AvgIpc) is 3.35. The highest BCUT2D eigenvalue weighted by Gasteiger charge is 2.72. The second-order valence-corrected chi connectivity index (χ2v) is 13.0. The van der Waals surface area contributed by atoms with E-state index in [1.54, 1.807) is 29.0 Å². The van der Waals surface area contributed by atoms with Crippen LogP contribution >= 0.6 is 0 Å². The van der Waals surface area contributed by atoms with Crippen molar-refractivity contribution in [1.82, 2.24) is 14.7 Å². The van der Waals surface area contributed by atoms with Gasteiger partial charge in [-0.2, -0.15) is 0 Å². The van der Waals surface area contributed by atoms with Crippen molar-refractivity contribution in [2.24, 2.45) is 11.8 Å². The number of amides is 3. The maximum Gasteiger partial charge on any atom is 0.313 e. The molecule has 232 valence electrons. The van der Waals surface area contributed by atoms with Crippen molar-refractivity contribution < 1.29 is 33.8 Å². The van der Waals surface area contributed by atoms with Gasteiger partial charge in [0, 0.05) is 38.7 Å². The molecule has 4 aliphatic rings. The Morgan fingerprint density at radius 3 is 2.44 bits per heavy atom. The first-order valence-corrected chi connectivity index (χ1v) is 15.2. The molecule has 4 aliphatic heterocycles.